The molecule has 1 aliphatic heterocycles. The van der Waals surface area contributed by atoms with Crippen molar-refractivity contribution in [2.75, 3.05) is 23.3 Å². The molecule has 0 radical (unpaired) electrons. The number of piperidine rings is 1. The van der Waals surface area contributed by atoms with Crippen LogP contribution in [0.2, 0.25) is 0 Å². The molecule has 0 saturated carbocycles. The van der Waals surface area contributed by atoms with Gasteiger partial charge in [0.25, 0.3) is 0 Å². The number of aromatic nitrogens is 5. The van der Waals surface area contributed by atoms with E-state index in [1.165, 1.54) is 0 Å². The van der Waals surface area contributed by atoms with E-state index in [2.05, 4.69) is 30.4 Å². The molecule has 1 saturated heterocycles. The van der Waals surface area contributed by atoms with E-state index in [1.807, 2.05) is 54.9 Å². The predicted molar refractivity (Wildman–Crippen MR) is 102 cm³/mol. The van der Waals surface area contributed by atoms with Gasteiger partial charge >= 0.3 is 0 Å². The lowest BCUT2D eigenvalue weighted by molar-refractivity contribution is 0.477. The van der Waals surface area contributed by atoms with Crippen LogP contribution in [0.5, 0.6) is 0 Å². The summed E-state index contributed by atoms with van der Waals surface area (Å²) >= 11 is 0. The van der Waals surface area contributed by atoms with Gasteiger partial charge in [-0.25, -0.2) is 9.97 Å². The van der Waals surface area contributed by atoms with Gasteiger partial charge in [-0.2, -0.15) is 0 Å². The highest BCUT2D eigenvalue weighted by Crippen LogP contribution is 2.29. The fraction of sp³-hybridized carbons (Fsp3) is 0.368. The fourth-order valence-corrected chi connectivity index (χ4v) is 3.51. The van der Waals surface area contributed by atoms with E-state index < -0.39 is 0 Å². The average Bonchev–Trinajstić information content (AvgIpc) is 3.08. The summed E-state index contributed by atoms with van der Waals surface area (Å²) in [6.07, 6.45) is 4.01. The lowest BCUT2D eigenvalue weighted by Gasteiger charge is -2.33. The standard InChI is InChI=1S/C19H23N7/c1-14-21-17(23-16-8-4-3-5-9-16)11-18(22-14)26-10-6-7-15(12-26)19-24-20-13-25(19)2/h3-5,8-9,11,13,15H,6-7,10,12H2,1-2H3,(H,21,22,23). The molecule has 0 spiro atoms. The summed E-state index contributed by atoms with van der Waals surface area (Å²) in [6, 6.07) is 12.1. The van der Waals surface area contributed by atoms with Crippen molar-refractivity contribution in [2.24, 2.45) is 7.05 Å². The third-order valence-electron chi connectivity index (χ3n) is 4.73. The van der Waals surface area contributed by atoms with E-state index in [0.717, 1.165) is 54.9 Å². The number of anilines is 3. The Morgan fingerprint density at radius 1 is 1.15 bits per heavy atom. The minimum absolute atomic E-state index is 0.372. The summed E-state index contributed by atoms with van der Waals surface area (Å²) in [7, 11) is 2.00. The van der Waals surface area contributed by atoms with Crippen LogP contribution in [0, 0.1) is 6.92 Å². The third-order valence-corrected chi connectivity index (χ3v) is 4.73. The highest BCUT2D eigenvalue weighted by Gasteiger charge is 2.25. The van der Waals surface area contributed by atoms with E-state index >= 15 is 0 Å². The number of nitrogens with one attached hydrogen (secondary N) is 1. The number of rotatable bonds is 4. The van der Waals surface area contributed by atoms with E-state index in [1.54, 1.807) is 6.33 Å². The van der Waals surface area contributed by atoms with Crippen LogP contribution in [0.15, 0.2) is 42.7 Å². The molecule has 7 heteroatoms. The summed E-state index contributed by atoms with van der Waals surface area (Å²) in [5, 5.41) is 11.7. The minimum Gasteiger partial charge on any atom is -0.356 e. The maximum atomic E-state index is 4.67. The molecule has 7 nitrogen and oxygen atoms in total. The Labute approximate surface area is 153 Å². The van der Waals surface area contributed by atoms with Crippen LogP contribution in [-0.4, -0.2) is 37.8 Å². The molecule has 134 valence electrons. The van der Waals surface area contributed by atoms with Crippen LogP contribution in [0.1, 0.15) is 30.4 Å². The van der Waals surface area contributed by atoms with Crippen LogP contribution >= 0.6 is 0 Å². The van der Waals surface area contributed by atoms with E-state index in [-0.39, 0.29) is 0 Å². The summed E-state index contributed by atoms with van der Waals surface area (Å²) in [5.74, 6) is 3.96. The summed E-state index contributed by atoms with van der Waals surface area (Å²) in [5.41, 5.74) is 1.02. The topological polar surface area (TPSA) is 71.8 Å². The molecule has 3 aromatic rings. The van der Waals surface area contributed by atoms with Crippen LogP contribution in [0.25, 0.3) is 0 Å². The van der Waals surface area contributed by atoms with Gasteiger partial charge in [-0.3, -0.25) is 0 Å². The zero-order chi connectivity index (χ0) is 17.9. The van der Waals surface area contributed by atoms with Crippen molar-refractivity contribution in [2.45, 2.75) is 25.7 Å². The first kappa shape index (κ1) is 16.5. The molecule has 1 atom stereocenters. The molecule has 1 unspecified atom stereocenters. The normalized spacial score (nSPS) is 17.3. The van der Waals surface area contributed by atoms with Gasteiger partial charge in [0.1, 0.15) is 29.6 Å². The third kappa shape index (κ3) is 3.51. The Hall–Kier alpha value is -2.96. The molecule has 1 aliphatic rings. The van der Waals surface area contributed by atoms with Crippen molar-refractivity contribution in [3.8, 4) is 0 Å². The van der Waals surface area contributed by atoms with Crippen molar-refractivity contribution in [3.63, 3.8) is 0 Å². The second-order valence-corrected chi connectivity index (χ2v) is 6.73. The van der Waals surface area contributed by atoms with Crippen molar-refractivity contribution in [3.05, 3.63) is 54.4 Å². The van der Waals surface area contributed by atoms with Crippen molar-refractivity contribution in [1.82, 2.24) is 24.7 Å². The van der Waals surface area contributed by atoms with Gasteiger partial charge in [0.05, 0.1) is 0 Å². The lowest BCUT2D eigenvalue weighted by Crippen LogP contribution is -2.36. The van der Waals surface area contributed by atoms with Gasteiger partial charge < -0.3 is 14.8 Å². The van der Waals surface area contributed by atoms with Gasteiger partial charge in [0.15, 0.2) is 0 Å². The lowest BCUT2D eigenvalue weighted by atomic mass is 9.97. The second-order valence-electron chi connectivity index (χ2n) is 6.73. The molecule has 4 rings (SSSR count). The van der Waals surface area contributed by atoms with Gasteiger partial charge in [-0.15, -0.1) is 10.2 Å². The highest BCUT2D eigenvalue weighted by atomic mass is 15.3. The Balaban J connectivity index is 1.56. The number of aryl methyl sites for hydroxylation is 2. The summed E-state index contributed by atoms with van der Waals surface area (Å²) in [6.45, 7) is 3.83. The molecule has 0 aliphatic carbocycles. The van der Waals surface area contributed by atoms with Gasteiger partial charge in [-0.05, 0) is 31.9 Å². The van der Waals surface area contributed by atoms with E-state index in [4.69, 9.17) is 0 Å². The molecular formula is C19H23N7. The zero-order valence-corrected chi connectivity index (χ0v) is 15.1. The molecule has 26 heavy (non-hydrogen) atoms. The van der Waals surface area contributed by atoms with Crippen molar-refractivity contribution < 1.29 is 0 Å². The monoisotopic (exact) mass is 349 g/mol. The molecule has 1 fully saturated rings. The fourth-order valence-electron chi connectivity index (χ4n) is 3.51. The molecule has 0 amide bonds. The zero-order valence-electron chi connectivity index (χ0n) is 15.1. The Morgan fingerprint density at radius 2 is 2.00 bits per heavy atom. The van der Waals surface area contributed by atoms with E-state index in [9.17, 15) is 0 Å². The molecule has 2 aromatic heterocycles. The van der Waals surface area contributed by atoms with E-state index in [0.29, 0.717) is 5.92 Å². The number of hydrogen-bond acceptors (Lipinski definition) is 6. The SMILES string of the molecule is Cc1nc(Nc2ccccc2)cc(N2CCCC(c3nncn3C)C2)n1. The largest absolute Gasteiger partial charge is 0.356 e. The molecule has 1 aromatic carbocycles. The maximum Gasteiger partial charge on any atom is 0.137 e. The van der Waals surface area contributed by atoms with Crippen LogP contribution < -0.4 is 10.2 Å². The number of para-hydroxylation sites is 1. The number of hydrogen-bond donors (Lipinski definition) is 1. The van der Waals surface area contributed by atoms with Crippen molar-refractivity contribution >= 4 is 17.3 Å². The van der Waals surface area contributed by atoms with Gasteiger partial charge in [0.2, 0.25) is 0 Å². The number of nitrogens with zero attached hydrogens (tertiary/aromatic N) is 6. The first-order valence-corrected chi connectivity index (χ1v) is 8.95. The molecule has 0 bridgehead atoms. The molecule has 1 N–H and O–H groups in total. The summed E-state index contributed by atoms with van der Waals surface area (Å²) in [4.78, 5) is 11.5. The second kappa shape index (κ2) is 7.11. The Bertz CT molecular complexity index is 875. The smallest absolute Gasteiger partial charge is 0.137 e. The van der Waals surface area contributed by atoms with Gasteiger partial charge in [-0.1, -0.05) is 18.2 Å². The van der Waals surface area contributed by atoms with Crippen LogP contribution in [0.4, 0.5) is 17.3 Å². The first-order valence-electron chi connectivity index (χ1n) is 8.95. The number of benzene rings is 1. The van der Waals surface area contributed by atoms with Crippen LogP contribution in [-0.2, 0) is 7.05 Å². The predicted octanol–water partition coefficient (Wildman–Crippen LogP) is 3.04. The Morgan fingerprint density at radius 3 is 2.77 bits per heavy atom. The average molecular weight is 349 g/mol. The molecular weight excluding hydrogens is 326 g/mol. The van der Waals surface area contributed by atoms with Crippen molar-refractivity contribution in [1.29, 1.82) is 0 Å². The van der Waals surface area contributed by atoms with Gasteiger partial charge in [0, 0.05) is 37.8 Å². The highest BCUT2D eigenvalue weighted by molar-refractivity contribution is 5.59. The molecule has 3 heterocycles. The quantitative estimate of drug-likeness (QED) is 0.780. The Kier molecular flexibility index (Phi) is 4.51. The first-order chi connectivity index (χ1) is 12.7. The maximum absolute atomic E-state index is 4.67. The van der Waals surface area contributed by atoms with Crippen LogP contribution in [0.3, 0.4) is 0 Å². The minimum atomic E-state index is 0.372. The summed E-state index contributed by atoms with van der Waals surface area (Å²) < 4.78 is 2.02.